The number of unbranched alkanes of at least 4 members (excludes halogenated alkanes) is 1. The molecule has 4 N–H and O–H groups in total. The fraction of sp³-hybridized carbons (Fsp3) is 0.667. The summed E-state index contributed by atoms with van der Waals surface area (Å²) >= 11 is 3.62. The minimum absolute atomic E-state index is 0.0882. The SMILES string of the molecule is NC(N)=NCCCCC(=O)S. The molecule has 0 atom stereocenters. The van der Waals surface area contributed by atoms with E-state index in [2.05, 4.69) is 17.6 Å². The van der Waals surface area contributed by atoms with Crippen LogP contribution in [-0.4, -0.2) is 17.6 Å². The van der Waals surface area contributed by atoms with Gasteiger partial charge in [0.15, 0.2) is 11.1 Å². The van der Waals surface area contributed by atoms with Gasteiger partial charge in [-0.25, -0.2) is 0 Å². The van der Waals surface area contributed by atoms with Gasteiger partial charge in [-0.05, 0) is 12.8 Å². The minimum atomic E-state index is -0.0882. The van der Waals surface area contributed by atoms with Gasteiger partial charge in [-0.15, -0.1) is 12.6 Å². The molecular formula is C6H13N3OS. The summed E-state index contributed by atoms with van der Waals surface area (Å²) in [6.45, 7) is 0.587. The standard InChI is InChI=1S/C6H13N3OS/c7-6(8)9-4-2-1-3-5(10)11/h1-4H2,(H,10,11)(H4,7,8,9). The zero-order valence-corrected chi connectivity index (χ0v) is 7.18. The zero-order chi connectivity index (χ0) is 8.69. The molecule has 0 saturated heterocycles. The first-order chi connectivity index (χ1) is 5.13. The van der Waals surface area contributed by atoms with Crippen molar-refractivity contribution in [2.24, 2.45) is 16.5 Å². The summed E-state index contributed by atoms with van der Waals surface area (Å²) in [4.78, 5) is 14.1. The van der Waals surface area contributed by atoms with Crippen LogP contribution in [0.3, 0.4) is 0 Å². The first kappa shape index (κ1) is 10.3. The number of thiol groups is 1. The van der Waals surface area contributed by atoms with Crippen LogP contribution in [0.1, 0.15) is 19.3 Å². The molecule has 4 nitrogen and oxygen atoms in total. The van der Waals surface area contributed by atoms with Gasteiger partial charge in [0, 0.05) is 13.0 Å². The van der Waals surface area contributed by atoms with Crippen molar-refractivity contribution >= 4 is 23.7 Å². The molecule has 0 bridgehead atoms. The first-order valence-electron chi connectivity index (χ1n) is 3.40. The van der Waals surface area contributed by atoms with Crippen LogP contribution in [0, 0.1) is 0 Å². The molecule has 0 aliphatic carbocycles. The number of nitrogens with two attached hydrogens (primary N) is 2. The zero-order valence-electron chi connectivity index (χ0n) is 6.29. The Morgan fingerprint density at radius 3 is 2.45 bits per heavy atom. The summed E-state index contributed by atoms with van der Waals surface area (Å²) in [7, 11) is 0. The number of hydrogen-bond donors (Lipinski definition) is 3. The third-order valence-electron chi connectivity index (χ3n) is 1.09. The Morgan fingerprint density at radius 2 is 2.00 bits per heavy atom. The molecule has 64 valence electrons. The largest absolute Gasteiger partial charge is 0.370 e. The van der Waals surface area contributed by atoms with Gasteiger partial charge in [0.1, 0.15) is 0 Å². The highest BCUT2D eigenvalue weighted by molar-refractivity contribution is 7.96. The van der Waals surface area contributed by atoms with Crippen LogP contribution >= 0.6 is 12.6 Å². The van der Waals surface area contributed by atoms with Gasteiger partial charge in [-0.3, -0.25) is 9.79 Å². The Hall–Kier alpha value is -0.710. The number of carbonyl (C=O) groups excluding carboxylic acids is 1. The number of guanidine groups is 1. The van der Waals surface area contributed by atoms with Gasteiger partial charge in [0.2, 0.25) is 0 Å². The number of rotatable bonds is 5. The van der Waals surface area contributed by atoms with Crippen molar-refractivity contribution in [3.8, 4) is 0 Å². The number of hydrogen-bond acceptors (Lipinski definition) is 2. The second-order valence-electron chi connectivity index (χ2n) is 2.16. The van der Waals surface area contributed by atoms with Crippen LogP contribution < -0.4 is 11.5 Å². The predicted molar refractivity (Wildman–Crippen MR) is 48.5 cm³/mol. The second kappa shape index (κ2) is 6.03. The maximum Gasteiger partial charge on any atom is 0.185 e. The average molecular weight is 175 g/mol. The van der Waals surface area contributed by atoms with E-state index in [9.17, 15) is 4.79 Å². The smallest absolute Gasteiger partial charge is 0.185 e. The van der Waals surface area contributed by atoms with Crippen LogP contribution in [-0.2, 0) is 4.79 Å². The monoisotopic (exact) mass is 175 g/mol. The fourth-order valence-electron chi connectivity index (χ4n) is 0.596. The molecule has 11 heavy (non-hydrogen) atoms. The lowest BCUT2D eigenvalue weighted by molar-refractivity contribution is -0.110. The topological polar surface area (TPSA) is 81.5 Å². The molecule has 0 heterocycles. The summed E-state index contributed by atoms with van der Waals surface area (Å²) in [6, 6.07) is 0. The van der Waals surface area contributed by atoms with E-state index in [1.54, 1.807) is 0 Å². The average Bonchev–Trinajstić information content (AvgIpc) is 1.85. The second-order valence-corrected chi connectivity index (χ2v) is 2.66. The molecule has 0 aromatic rings. The van der Waals surface area contributed by atoms with E-state index in [0.29, 0.717) is 13.0 Å². The lowest BCUT2D eigenvalue weighted by atomic mass is 10.2. The van der Waals surface area contributed by atoms with Gasteiger partial charge in [0.25, 0.3) is 0 Å². The Balaban J connectivity index is 3.15. The number of aliphatic imine (C=N–C) groups is 1. The van der Waals surface area contributed by atoms with Gasteiger partial charge in [-0.2, -0.15) is 0 Å². The van der Waals surface area contributed by atoms with E-state index in [4.69, 9.17) is 11.5 Å². The van der Waals surface area contributed by atoms with E-state index in [-0.39, 0.29) is 11.1 Å². The lowest BCUT2D eigenvalue weighted by Gasteiger charge is -1.94. The molecule has 0 aromatic heterocycles. The highest BCUT2D eigenvalue weighted by atomic mass is 32.1. The van der Waals surface area contributed by atoms with E-state index >= 15 is 0 Å². The van der Waals surface area contributed by atoms with Crippen molar-refractivity contribution in [3.05, 3.63) is 0 Å². The molecule has 0 aromatic carbocycles. The van der Waals surface area contributed by atoms with Gasteiger partial charge in [0.05, 0.1) is 0 Å². The van der Waals surface area contributed by atoms with Crippen LogP contribution in [0.4, 0.5) is 0 Å². The summed E-state index contributed by atoms with van der Waals surface area (Å²) < 4.78 is 0. The molecule has 0 amide bonds. The van der Waals surface area contributed by atoms with Gasteiger partial charge < -0.3 is 11.5 Å². The Bertz CT molecular complexity index is 154. The Kier molecular flexibility index (Phi) is 5.64. The number of nitrogens with zero attached hydrogens (tertiary/aromatic N) is 1. The summed E-state index contributed by atoms with van der Waals surface area (Å²) in [5.41, 5.74) is 10.2. The highest BCUT2D eigenvalue weighted by Crippen LogP contribution is 1.98. The highest BCUT2D eigenvalue weighted by Gasteiger charge is 1.92. The molecule has 0 fully saturated rings. The maximum atomic E-state index is 10.3. The lowest BCUT2D eigenvalue weighted by Crippen LogP contribution is -2.22. The van der Waals surface area contributed by atoms with Crippen molar-refractivity contribution in [2.75, 3.05) is 6.54 Å². The molecule has 5 heteroatoms. The van der Waals surface area contributed by atoms with Crippen molar-refractivity contribution in [3.63, 3.8) is 0 Å². The van der Waals surface area contributed by atoms with Gasteiger partial charge >= 0.3 is 0 Å². The van der Waals surface area contributed by atoms with Crippen molar-refractivity contribution in [2.45, 2.75) is 19.3 Å². The third kappa shape index (κ3) is 9.29. The quantitative estimate of drug-likeness (QED) is 0.236. The third-order valence-corrected chi connectivity index (χ3v) is 1.32. The first-order valence-corrected chi connectivity index (χ1v) is 3.85. The van der Waals surface area contributed by atoms with Crippen LogP contribution in [0.15, 0.2) is 4.99 Å². The molecule has 0 rings (SSSR count). The normalized spacial score (nSPS) is 9.18. The molecule has 0 saturated carbocycles. The van der Waals surface area contributed by atoms with E-state index in [1.807, 2.05) is 0 Å². The van der Waals surface area contributed by atoms with Crippen LogP contribution in [0.5, 0.6) is 0 Å². The van der Waals surface area contributed by atoms with E-state index in [1.165, 1.54) is 0 Å². The molecule has 0 spiro atoms. The molecule has 0 aliphatic heterocycles. The van der Waals surface area contributed by atoms with Crippen molar-refractivity contribution in [1.82, 2.24) is 0 Å². The van der Waals surface area contributed by atoms with Crippen molar-refractivity contribution < 1.29 is 4.79 Å². The summed E-state index contributed by atoms with van der Waals surface area (Å²) in [6.07, 6.45) is 2.10. The van der Waals surface area contributed by atoms with Crippen LogP contribution in [0.2, 0.25) is 0 Å². The van der Waals surface area contributed by atoms with Crippen molar-refractivity contribution in [1.29, 1.82) is 0 Å². The molecule has 0 radical (unpaired) electrons. The Morgan fingerprint density at radius 1 is 1.36 bits per heavy atom. The fourth-order valence-corrected chi connectivity index (χ4v) is 0.754. The van der Waals surface area contributed by atoms with Gasteiger partial charge in [-0.1, -0.05) is 0 Å². The van der Waals surface area contributed by atoms with E-state index < -0.39 is 0 Å². The molecular weight excluding hydrogens is 162 g/mol. The summed E-state index contributed by atoms with van der Waals surface area (Å²) in [5, 5.41) is -0.0882. The maximum absolute atomic E-state index is 10.3. The molecule has 0 unspecified atom stereocenters. The Labute approximate surface area is 71.5 Å². The van der Waals surface area contributed by atoms with E-state index in [0.717, 1.165) is 12.8 Å². The molecule has 0 aliphatic rings. The minimum Gasteiger partial charge on any atom is -0.370 e. The summed E-state index contributed by atoms with van der Waals surface area (Å²) in [5.74, 6) is 0.0993. The number of carbonyl (C=O) groups is 1. The predicted octanol–water partition coefficient (Wildman–Crippen LogP) is -0.114. The van der Waals surface area contributed by atoms with Crippen LogP contribution in [0.25, 0.3) is 0 Å².